The molecule has 1 aromatic heterocycles. The van der Waals surface area contributed by atoms with E-state index in [4.69, 9.17) is 0 Å². The second kappa shape index (κ2) is 7.55. The van der Waals surface area contributed by atoms with Crippen molar-refractivity contribution >= 4 is 39.0 Å². The summed E-state index contributed by atoms with van der Waals surface area (Å²) in [5.41, 5.74) is 1.68. The molecular weight excluding hydrogens is 410 g/mol. The number of carbonyl (C=O) groups excluding carboxylic acids is 2. The second-order valence-electron chi connectivity index (χ2n) is 7.69. The number of nitrogens with zero attached hydrogens (tertiary/aromatic N) is 2. The summed E-state index contributed by atoms with van der Waals surface area (Å²) in [5, 5.41) is 1.71. The van der Waals surface area contributed by atoms with E-state index in [-0.39, 0.29) is 28.6 Å². The smallest absolute Gasteiger partial charge is 0.312 e. The van der Waals surface area contributed by atoms with E-state index in [0.29, 0.717) is 24.6 Å². The number of thiophene rings is 1. The fourth-order valence-electron chi connectivity index (χ4n) is 3.85. The average Bonchev–Trinajstić information content (AvgIpc) is 3.30. The Kier molecular flexibility index (Phi) is 5.22. The van der Waals surface area contributed by atoms with Crippen LogP contribution in [0.4, 0.5) is 10.5 Å². The topological polar surface area (TPSA) is 86.8 Å². The highest BCUT2D eigenvalue weighted by atomic mass is 32.2. The fourth-order valence-corrected chi connectivity index (χ4v) is 6.14. The van der Waals surface area contributed by atoms with Crippen molar-refractivity contribution in [3.63, 3.8) is 0 Å². The first-order chi connectivity index (χ1) is 13.8. The number of hydrogen-bond donors (Lipinski definition) is 1. The Bertz CT molecular complexity index is 1020. The van der Waals surface area contributed by atoms with Crippen molar-refractivity contribution in [3.05, 3.63) is 47.3 Å². The number of anilines is 1. The van der Waals surface area contributed by atoms with Crippen LogP contribution in [0, 0.1) is 0 Å². The van der Waals surface area contributed by atoms with Gasteiger partial charge in [0.2, 0.25) is 10.0 Å². The van der Waals surface area contributed by atoms with Crippen molar-refractivity contribution in [3.8, 4) is 0 Å². The molecule has 154 valence electrons. The zero-order valence-electron chi connectivity index (χ0n) is 16.2. The number of benzene rings is 1. The quantitative estimate of drug-likeness (QED) is 0.734. The van der Waals surface area contributed by atoms with E-state index in [2.05, 4.69) is 18.6 Å². The molecule has 0 radical (unpaired) electrons. The van der Waals surface area contributed by atoms with Crippen LogP contribution >= 0.6 is 11.3 Å². The standard InChI is InChI=1S/C20H23N3O4S2/c1-13(2)14-5-7-16(8-6-14)23-19(24)17-12-15(9-10-22(17)20(23)25)21-29(26,27)18-4-3-11-28-18/h3-8,11,13,15,17,21H,9-10,12H2,1-2H3. The van der Waals surface area contributed by atoms with E-state index in [0.717, 1.165) is 16.9 Å². The highest BCUT2D eigenvalue weighted by Gasteiger charge is 2.49. The molecule has 3 amide bonds. The molecule has 0 bridgehead atoms. The third-order valence-electron chi connectivity index (χ3n) is 5.44. The molecule has 1 aromatic carbocycles. The number of nitrogens with one attached hydrogen (secondary N) is 1. The Hall–Kier alpha value is -2.23. The van der Waals surface area contributed by atoms with Crippen molar-refractivity contribution in [1.82, 2.24) is 9.62 Å². The van der Waals surface area contributed by atoms with Gasteiger partial charge in [-0.25, -0.2) is 22.8 Å². The minimum absolute atomic E-state index is 0.251. The summed E-state index contributed by atoms with van der Waals surface area (Å²) in [6.45, 7) is 4.51. The molecule has 0 saturated carbocycles. The van der Waals surface area contributed by atoms with Crippen molar-refractivity contribution in [2.24, 2.45) is 0 Å². The van der Waals surface area contributed by atoms with Gasteiger partial charge in [-0.15, -0.1) is 11.3 Å². The van der Waals surface area contributed by atoms with Crippen LogP contribution in [0.5, 0.6) is 0 Å². The Labute approximate surface area is 174 Å². The highest BCUT2D eigenvalue weighted by molar-refractivity contribution is 7.91. The van der Waals surface area contributed by atoms with Gasteiger partial charge < -0.3 is 4.90 Å². The summed E-state index contributed by atoms with van der Waals surface area (Å²) >= 11 is 1.15. The molecule has 0 spiro atoms. The normalized spacial score (nSPS) is 22.4. The Morgan fingerprint density at radius 2 is 1.86 bits per heavy atom. The van der Waals surface area contributed by atoms with Gasteiger partial charge in [-0.1, -0.05) is 32.0 Å². The summed E-state index contributed by atoms with van der Waals surface area (Å²) in [4.78, 5) is 28.6. The third-order valence-corrected chi connectivity index (χ3v) is 8.36. The van der Waals surface area contributed by atoms with E-state index in [1.54, 1.807) is 34.5 Å². The molecule has 2 aliphatic rings. The number of urea groups is 1. The highest BCUT2D eigenvalue weighted by Crippen LogP contribution is 2.32. The largest absolute Gasteiger partial charge is 0.332 e. The van der Waals surface area contributed by atoms with Crippen LogP contribution in [-0.4, -0.2) is 43.9 Å². The van der Waals surface area contributed by atoms with Crippen molar-refractivity contribution < 1.29 is 18.0 Å². The van der Waals surface area contributed by atoms with Crippen LogP contribution in [-0.2, 0) is 14.8 Å². The van der Waals surface area contributed by atoms with Gasteiger partial charge in [-0.05, 0) is 47.9 Å². The van der Waals surface area contributed by atoms with Crippen LogP contribution in [0.2, 0.25) is 0 Å². The van der Waals surface area contributed by atoms with E-state index < -0.39 is 16.1 Å². The minimum atomic E-state index is -3.61. The number of amides is 3. The first kappa shape index (κ1) is 20.1. The van der Waals surface area contributed by atoms with Gasteiger partial charge in [0.25, 0.3) is 5.91 Å². The lowest BCUT2D eigenvalue weighted by atomic mass is 9.99. The van der Waals surface area contributed by atoms with Crippen LogP contribution in [0.15, 0.2) is 46.0 Å². The van der Waals surface area contributed by atoms with E-state index in [1.165, 1.54) is 4.90 Å². The van der Waals surface area contributed by atoms with Crippen LogP contribution < -0.4 is 9.62 Å². The molecule has 3 heterocycles. The molecule has 29 heavy (non-hydrogen) atoms. The Morgan fingerprint density at radius 1 is 1.14 bits per heavy atom. The van der Waals surface area contributed by atoms with E-state index in [9.17, 15) is 18.0 Å². The maximum atomic E-state index is 13.0. The summed E-state index contributed by atoms with van der Waals surface area (Å²) in [7, 11) is -3.61. The lowest BCUT2D eigenvalue weighted by Gasteiger charge is -2.32. The van der Waals surface area contributed by atoms with E-state index >= 15 is 0 Å². The van der Waals surface area contributed by atoms with Gasteiger partial charge >= 0.3 is 6.03 Å². The van der Waals surface area contributed by atoms with Crippen molar-refractivity contribution in [1.29, 1.82) is 0 Å². The average molecular weight is 434 g/mol. The zero-order chi connectivity index (χ0) is 20.8. The molecule has 2 unspecified atom stereocenters. The minimum Gasteiger partial charge on any atom is -0.312 e. The fraction of sp³-hybridized carbons (Fsp3) is 0.400. The molecule has 2 fully saturated rings. The molecule has 7 nitrogen and oxygen atoms in total. The lowest BCUT2D eigenvalue weighted by molar-refractivity contribution is -0.120. The molecule has 9 heteroatoms. The van der Waals surface area contributed by atoms with Crippen molar-refractivity contribution in [2.75, 3.05) is 11.4 Å². The summed E-state index contributed by atoms with van der Waals surface area (Å²) < 4.78 is 27.9. The number of rotatable bonds is 5. The van der Waals surface area contributed by atoms with Crippen molar-refractivity contribution in [2.45, 2.75) is 48.9 Å². The molecule has 1 N–H and O–H groups in total. The first-order valence-corrected chi connectivity index (χ1v) is 11.9. The summed E-state index contributed by atoms with van der Waals surface area (Å²) in [6.07, 6.45) is 0.746. The Balaban J connectivity index is 1.51. The molecule has 2 atom stereocenters. The van der Waals surface area contributed by atoms with Gasteiger partial charge in [0.05, 0.1) is 5.69 Å². The zero-order valence-corrected chi connectivity index (χ0v) is 17.9. The number of piperidine rings is 1. The maximum Gasteiger partial charge on any atom is 0.332 e. The third kappa shape index (κ3) is 3.70. The SMILES string of the molecule is CC(C)c1ccc(N2C(=O)C3CC(NS(=O)(=O)c4cccs4)CCN3C2=O)cc1. The maximum absolute atomic E-state index is 13.0. The molecule has 0 aliphatic carbocycles. The molecule has 2 saturated heterocycles. The predicted octanol–water partition coefficient (Wildman–Crippen LogP) is 3.15. The second-order valence-corrected chi connectivity index (χ2v) is 10.6. The number of hydrogen-bond acceptors (Lipinski definition) is 5. The predicted molar refractivity (Wildman–Crippen MR) is 112 cm³/mol. The number of sulfonamides is 1. The van der Waals surface area contributed by atoms with E-state index in [1.807, 2.05) is 12.1 Å². The van der Waals surface area contributed by atoms with Gasteiger partial charge in [0, 0.05) is 12.6 Å². The molecule has 2 aliphatic heterocycles. The Morgan fingerprint density at radius 3 is 2.48 bits per heavy atom. The summed E-state index contributed by atoms with van der Waals surface area (Å²) in [5.74, 6) is 0.0600. The van der Waals surface area contributed by atoms with Crippen LogP contribution in [0.3, 0.4) is 0 Å². The van der Waals surface area contributed by atoms with Gasteiger partial charge in [0.15, 0.2) is 0 Å². The van der Waals surface area contributed by atoms with Gasteiger partial charge in [0.1, 0.15) is 10.3 Å². The monoisotopic (exact) mass is 433 g/mol. The van der Waals surface area contributed by atoms with Gasteiger partial charge in [-0.2, -0.15) is 0 Å². The van der Waals surface area contributed by atoms with Gasteiger partial charge in [-0.3, -0.25) is 4.79 Å². The summed E-state index contributed by atoms with van der Waals surface area (Å²) in [6, 6.07) is 9.31. The molecule has 2 aromatic rings. The molecular formula is C20H23N3O4S2. The van der Waals surface area contributed by atoms with Crippen LogP contribution in [0.25, 0.3) is 0 Å². The number of fused-ring (bicyclic) bond motifs is 1. The van der Waals surface area contributed by atoms with Crippen LogP contribution in [0.1, 0.15) is 38.2 Å². The first-order valence-electron chi connectivity index (χ1n) is 9.58. The molecule has 4 rings (SSSR count). The number of carbonyl (C=O) groups is 2. The lowest BCUT2D eigenvalue weighted by Crippen LogP contribution is -2.49. The number of imide groups is 1.